The summed E-state index contributed by atoms with van der Waals surface area (Å²) in [6, 6.07) is 6.32. The SMILES string of the molecule is O=C(N1CCCCCC1)N1CCC2(CC1)CCN(c1ccc(OC(F)(F)F)cc1)C2. The zero-order chi connectivity index (χ0) is 21.2. The summed E-state index contributed by atoms with van der Waals surface area (Å²) >= 11 is 0. The van der Waals surface area contributed by atoms with E-state index in [1.54, 1.807) is 12.1 Å². The number of likely N-dealkylation sites (tertiary alicyclic amines) is 2. The van der Waals surface area contributed by atoms with Gasteiger partial charge in [0.05, 0.1) is 0 Å². The fourth-order valence-electron chi connectivity index (χ4n) is 5.06. The molecule has 3 fully saturated rings. The van der Waals surface area contributed by atoms with Crippen LogP contribution in [0.25, 0.3) is 0 Å². The normalized spacial score (nSPS) is 22.3. The number of nitrogens with zero attached hydrogens (tertiary/aromatic N) is 3. The molecule has 166 valence electrons. The maximum atomic E-state index is 12.9. The van der Waals surface area contributed by atoms with Crippen LogP contribution < -0.4 is 9.64 Å². The zero-order valence-corrected chi connectivity index (χ0v) is 17.3. The Kier molecular flexibility index (Phi) is 6.02. The molecule has 8 heteroatoms. The Balaban J connectivity index is 1.31. The van der Waals surface area contributed by atoms with Gasteiger partial charge in [0.2, 0.25) is 0 Å². The molecule has 4 rings (SSSR count). The van der Waals surface area contributed by atoms with Crippen LogP contribution in [0.15, 0.2) is 24.3 Å². The average molecular weight is 425 g/mol. The standard InChI is InChI=1S/C22H30F3N3O2/c23-22(24,25)30-19-7-5-18(6-8-19)28-16-11-21(17-28)9-14-27(15-10-21)20(29)26-12-3-1-2-4-13-26/h5-8H,1-4,9-17H2. The molecule has 1 aromatic carbocycles. The van der Waals surface area contributed by atoms with Crippen molar-refractivity contribution < 1.29 is 22.7 Å². The van der Waals surface area contributed by atoms with Gasteiger partial charge < -0.3 is 19.4 Å². The molecule has 3 heterocycles. The van der Waals surface area contributed by atoms with Gasteiger partial charge in [0.1, 0.15) is 5.75 Å². The Morgan fingerprint density at radius 3 is 2.00 bits per heavy atom. The Morgan fingerprint density at radius 2 is 1.40 bits per heavy atom. The quantitative estimate of drug-likeness (QED) is 0.678. The van der Waals surface area contributed by atoms with E-state index in [0.717, 1.165) is 77.1 Å². The van der Waals surface area contributed by atoms with Crippen LogP contribution in [0.3, 0.4) is 0 Å². The first-order chi connectivity index (χ1) is 14.3. The fraction of sp³-hybridized carbons (Fsp3) is 0.682. The number of ether oxygens (including phenoxy) is 1. The topological polar surface area (TPSA) is 36.0 Å². The van der Waals surface area contributed by atoms with E-state index in [2.05, 4.69) is 9.64 Å². The van der Waals surface area contributed by atoms with Gasteiger partial charge in [-0.05, 0) is 61.8 Å². The summed E-state index contributed by atoms with van der Waals surface area (Å²) in [6.07, 6.45) is 2.99. The lowest BCUT2D eigenvalue weighted by molar-refractivity contribution is -0.274. The summed E-state index contributed by atoms with van der Waals surface area (Å²) in [5.41, 5.74) is 1.11. The number of hydrogen-bond donors (Lipinski definition) is 0. The van der Waals surface area contributed by atoms with Gasteiger partial charge in [-0.25, -0.2) is 4.79 Å². The molecule has 2 amide bonds. The smallest absolute Gasteiger partial charge is 0.406 e. The molecule has 0 saturated carbocycles. The molecule has 0 unspecified atom stereocenters. The molecular formula is C22H30F3N3O2. The molecule has 5 nitrogen and oxygen atoms in total. The largest absolute Gasteiger partial charge is 0.573 e. The number of anilines is 1. The summed E-state index contributed by atoms with van der Waals surface area (Å²) in [5.74, 6) is -0.194. The average Bonchev–Trinajstić information content (AvgIpc) is 2.94. The Hall–Kier alpha value is -2.12. The zero-order valence-electron chi connectivity index (χ0n) is 17.3. The molecule has 0 N–H and O–H groups in total. The molecule has 3 aliphatic heterocycles. The maximum absolute atomic E-state index is 12.9. The van der Waals surface area contributed by atoms with Gasteiger partial charge in [-0.2, -0.15) is 0 Å². The highest BCUT2D eigenvalue weighted by Crippen LogP contribution is 2.42. The van der Waals surface area contributed by atoms with Crippen LogP contribution in [0.2, 0.25) is 0 Å². The van der Waals surface area contributed by atoms with Crippen LogP contribution in [0.5, 0.6) is 5.75 Å². The van der Waals surface area contributed by atoms with Gasteiger partial charge in [-0.1, -0.05) is 12.8 Å². The van der Waals surface area contributed by atoms with Crippen molar-refractivity contribution in [2.24, 2.45) is 5.41 Å². The minimum atomic E-state index is -4.67. The number of rotatable bonds is 2. The maximum Gasteiger partial charge on any atom is 0.573 e. The number of alkyl halides is 3. The molecule has 1 aromatic rings. The van der Waals surface area contributed by atoms with E-state index in [4.69, 9.17) is 0 Å². The van der Waals surface area contributed by atoms with Crippen molar-refractivity contribution >= 4 is 11.7 Å². The van der Waals surface area contributed by atoms with Crippen LogP contribution in [0.4, 0.5) is 23.7 Å². The van der Waals surface area contributed by atoms with Crippen molar-refractivity contribution in [3.05, 3.63) is 24.3 Å². The highest BCUT2D eigenvalue weighted by Gasteiger charge is 2.42. The van der Waals surface area contributed by atoms with Crippen LogP contribution >= 0.6 is 0 Å². The van der Waals surface area contributed by atoms with Crippen molar-refractivity contribution in [3.63, 3.8) is 0 Å². The number of carbonyl (C=O) groups excluding carboxylic acids is 1. The van der Waals surface area contributed by atoms with Crippen LogP contribution in [0.1, 0.15) is 44.9 Å². The van der Waals surface area contributed by atoms with E-state index in [1.807, 2.05) is 9.80 Å². The van der Waals surface area contributed by atoms with E-state index in [0.29, 0.717) is 0 Å². The minimum Gasteiger partial charge on any atom is -0.406 e. The number of halogens is 3. The van der Waals surface area contributed by atoms with Gasteiger partial charge in [0.25, 0.3) is 0 Å². The third kappa shape index (κ3) is 4.95. The second-order valence-corrected chi connectivity index (χ2v) is 8.88. The third-order valence-corrected chi connectivity index (χ3v) is 6.84. The molecule has 0 aliphatic carbocycles. The lowest BCUT2D eigenvalue weighted by atomic mass is 9.78. The van der Waals surface area contributed by atoms with Gasteiger partial charge in [0.15, 0.2) is 0 Å². The monoisotopic (exact) mass is 425 g/mol. The molecule has 30 heavy (non-hydrogen) atoms. The second-order valence-electron chi connectivity index (χ2n) is 8.88. The summed E-state index contributed by atoms with van der Waals surface area (Å²) in [6.45, 7) is 5.12. The number of amides is 2. The first-order valence-electron chi connectivity index (χ1n) is 11.0. The van der Waals surface area contributed by atoms with Gasteiger partial charge in [0, 0.05) is 45.0 Å². The summed E-state index contributed by atoms with van der Waals surface area (Å²) < 4.78 is 41.0. The number of carbonyl (C=O) groups is 1. The molecule has 0 atom stereocenters. The number of benzene rings is 1. The predicted octanol–water partition coefficient (Wildman–Crippen LogP) is 4.87. The Morgan fingerprint density at radius 1 is 0.833 bits per heavy atom. The van der Waals surface area contributed by atoms with Crippen molar-refractivity contribution in [1.82, 2.24) is 9.80 Å². The third-order valence-electron chi connectivity index (χ3n) is 6.84. The first kappa shape index (κ1) is 21.1. The first-order valence-corrected chi connectivity index (χ1v) is 11.0. The minimum absolute atomic E-state index is 0.191. The molecular weight excluding hydrogens is 395 g/mol. The summed E-state index contributed by atoms with van der Waals surface area (Å²) in [4.78, 5) is 19.2. The van der Waals surface area contributed by atoms with Crippen LogP contribution in [-0.4, -0.2) is 61.5 Å². The predicted molar refractivity (Wildman–Crippen MR) is 109 cm³/mol. The second kappa shape index (κ2) is 8.55. The Labute approximate surface area is 175 Å². The highest BCUT2D eigenvalue weighted by molar-refractivity contribution is 5.74. The van der Waals surface area contributed by atoms with E-state index in [-0.39, 0.29) is 17.2 Å². The number of urea groups is 1. The van der Waals surface area contributed by atoms with E-state index in [1.165, 1.54) is 25.0 Å². The van der Waals surface area contributed by atoms with Crippen molar-refractivity contribution in [3.8, 4) is 5.75 Å². The van der Waals surface area contributed by atoms with Crippen molar-refractivity contribution in [2.75, 3.05) is 44.2 Å². The molecule has 3 saturated heterocycles. The van der Waals surface area contributed by atoms with E-state index in [9.17, 15) is 18.0 Å². The lowest BCUT2D eigenvalue weighted by Crippen LogP contribution is -2.49. The van der Waals surface area contributed by atoms with Crippen molar-refractivity contribution in [1.29, 1.82) is 0 Å². The Bertz CT molecular complexity index is 722. The summed E-state index contributed by atoms with van der Waals surface area (Å²) in [7, 11) is 0. The van der Waals surface area contributed by atoms with Crippen molar-refractivity contribution in [2.45, 2.75) is 51.3 Å². The number of piperidine rings is 1. The lowest BCUT2D eigenvalue weighted by Gasteiger charge is -2.41. The van der Waals surface area contributed by atoms with Gasteiger partial charge in [-0.15, -0.1) is 13.2 Å². The van der Waals surface area contributed by atoms with Crippen LogP contribution in [-0.2, 0) is 0 Å². The van der Waals surface area contributed by atoms with Crippen LogP contribution in [0, 0.1) is 5.41 Å². The molecule has 0 bridgehead atoms. The number of hydrogen-bond acceptors (Lipinski definition) is 3. The van der Waals surface area contributed by atoms with E-state index < -0.39 is 6.36 Å². The molecule has 0 radical (unpaired) electrons. The molecule has 1 spiro atoms. The summed E-state index contributed by atoms with van der Waals surface area (Å²) in [5, 5.41) is 0. The van der Waals surface area contributed by atoms with E-state index >= 15 is 0 Å². The van der Waals surface area contributed by atoms with Gasteiger partial charge in [-0.3, -0.25) is 0 Å². The fourth-order valence-corrected chi connectivity index (χ4v) is 5.06. The highest BCUT2D eigenvalue weighted by atomic mass is 19.4. The van der Waals surface area contributed by atoms with Gasteiger partial charge >= 0.3 is 12.4 Å². The molecule has 0 aromatic heterocycles. The molecule has 3 aliphatic rings.